The van der Waals surface area contributed by atoms with Crippen LogP contribution in [0.4, 0.5) is 10.1 Å². The van der Waals surface area contributed by atoms with Gasteiger partial charge in [0.25, 0.3) is 0 Å². The van der Waals surface area contributed by atoms with Gasteiger partial charge >= 0.3 is 0 Å². The van der Waals surface area contributed by atoms with Crippen molar-refractivity contribution in [2.75, 3.05) is 12.4 Å². The van der Waals surface area contributed by atoms with Crippen molar-refractivity contribution in [1.82, 2.24) is 9.78 Å². The van der Waals surface area contributed by atoms with Gasteiger partial charge in [0.05, 0.1) is 18.5 Å². The summed E-state index contributed by atoms with van der Waals surface area (Å²) in [6, 6.07) is 20.9. The van der Waals surface area contributed by atoms with E-state index in [9.17, 15) is 9.18 Å². The van der Waals surface area contributed by atoms with Gasteiger partial charge in [-0.1, -0.05) is 18.2 Å². The highest BCUT2D eigenvalue weighted by Gasteiger charge is 2.20. The van der Waals surface area contributed by atoms with Crippen LogP contribution in [0.3, 0.4) is 0 Å². The van der Waals surface area contributed by atoms with Crippen LogP contribution >= 0.6 is 0 Å². The lowest BCUT2D eigenvalue weighted by atomic mass is 10.1. The van der Waals surface area contributed by atoms with Gasteiger partial charge in [-0.15, -0.1) is 0 Å². The minimum atomic E-state index is -0.337. The van der Waals surface area contributed by atoms with Crippen molar-refractivity contribution < 1.29 is 18.7 Å². The molecule has 4 rings (SSSR count). The van der Waals surface area contributed by atoms with Crippen LogP contribution in [0.15, 0.2) is 72.8 Å². The topological polar surface area (TPSA) is 65.4 Å². The first kappa shape index (κ1) is 23.0. The van der Waals surface area contributed by atoms with E-state index >= 15 is 0 Å². The number of hydrogen-bond acceptors (Lipinski definition) is 4. The SMILES string of the molecule is COc1cccc(Oc2c(CCC(=O)Nc3cccc(C)c3)c(C)nn2-c2ccc(F)cc2)c1. The Kier molecular flexibility index (Phi) is 6.92. The molecule has 0 saturated carbocycles. The monoisotopic (exact) mass is 459 g/mol. The van der Waals surface area contributed by atoms with Crippen LogP contribution < -0.4 is 14.8 Å². The van der Waals surface area contributed by atoms with Crippen molar-refractivity contribution in [2.45, 2.75) is 26.7 Å². The van der Waals surface area contributed by atoms with Crippen LogP contribution in [0.5, 0.6) is 17.4 Å². The van der Waals surface area contributed by atoms with Crippen molar-refractivity contribution in [2.24, 2.45) is 0 Å². The Bertz CT molecular complexity index is 1300. The lowest BCUT2D eigenvalue weighted by Gasteiger charge is -2.12. The van der Waals surface area contributed by atoms with E-state index in [1.54, 1.807) is 30.0 Å². The highest BCUT2D eigenvalue weighted by atomic mass is 19.1. The molecule has 7 heteroatoms. The molecule has 4 aromatic rings. The molecule has 0 aliphatic heterocycles. The molecule has 6 nitrogen and oxygen atoms in total. The largest absolute Gasteiger partial charge is 0.497 e. The van der Waals surface area contributed by atoms with E-state index in [2.05, 4.69) is 10.4 Å². The number of carbonyl (C=O) groups is 1. The summed E-state index contributed by atoms with van der Waals surface area (Å²) >= 11 is 0. The number of amides is 1. The molecular weight excluding hydrogens is 433 g/mol. The molecule has 3 aromatic carbocycles. The summed E-state index contributed by atoms with van der Waals surface area (Å²) in [5.41, 5.74) is 4.01. The van der Waals surface area contributed by atoms with Crippen molar-refractivity contribution in [3.8, 4) is 23.1 Å². The molecule has 0 fully saturated rings. The normalized spacial score (nSPS) is 10.7. The minimum Gasteiger partial charge on any atom is -0.497 e. The lowest BCUT2D eigenvalue weighted by Crippen LogP contribution is -2.12. The van der Waals surface area contributed by atoms with Crippen molar-refractivity contribution >= 4 is 11.6 Å². The molecule has 1 amide bonds. The number of rotatable bonds is 8. The Balaban J connectivity index is 1.62. The number of benzene rings is 3. The molecule has 0 bridgehead atoms. The zero-order chi connectivity index (χ0) is 24.1. The molecule has 0 aliphatic rings. The molecule has 34 heavy (non-hydrogen) atoms. The van der Waals surface area contributed by atoms with Crippen LogP contribution in [-0.4, -0.2) is 22.8 Å². The second kappa shape index (κ2) is 10.2. The molecule has 0 unspecified atom stereocenters. The molecule has 1 N–H and O–H groups in total. The highest BCUT2D eigenvalue weighted by Crippen LogP contribution is 2.33. The van der Waals surface area contributed by atoms with Gasteiger partial charge in [-0.25, -0.2) is 9.07 Å². The summed E-state index contributed by atoms with van der Waals surface area (Å²) in [6.07, 6.45) is 0.669. The predicted octanol–water partition coefficient (Wildman–Crippen LogP) is 6.00. The Labute approximate surface area is 198 Å². The van der Waals surface area contributed by atoms with Gasteiger partial charge in [0.2, 0.25) is 11.8 Å². The number of nitrogens with zero attached hydrogens (tertiary/aromatic N) is 2. The third-order valence-electron chi connectivity index (χ3n) is 5.37. The number of aryl methyl sites for hydroxylation is 2. The molecule has 0 aliphatic carbocycles. The number of halogens is 1. The molecule has 174 valence electrons. The Morgan fingerprint density at radius 2 is 1.74 bits per heavy atom. The molecule has 1 heterocycles. The number of nitrogens with one attached hydrogen (secondary N) is 1. The van der Waals surface area contributed by atoms with Crippen molar-refractivity contribution in [3.05, 3.63) is 95.4 Å². The molecular formula is C27H26FN3O3. The molecule has 0 spiro atoms. The second-order valence-corrected chi connectivity index (χ2v) is 7.96. The third kappa shape index (κ3) is 5.43. The Morgan fingerprint density at radius 3 is 2.47 bits per heavy atom. The summed E-state index contributed by atoms with van der Waals surface area (Å²) in [5, 5.41) is 7.57. The first-order valence-corrected chi connectivity index (χ1v) is 11.0. The highest BCUT2D eigenvalue weighted by molar-refractivity contribution is 5.90. The molecule has 1 aromatic heterocycles. The maximum absolute atomic E-state index is 13.5. The fraction of sp³-hybridized carbons (Fsp3) is 0.185. The van der Waals surface area contributed by atoms with E-state index in [-0.39, 0.29) is 18.1 Å². The lowest BCUT2D eigenvalue weighted by molar-refractivity contribution is -0.116. The standard InChI is InChI=1S/C27H26FN3O3/c1-18-6-4-7-21(16-18)29-26(32)15-14-25-19(2)30-31(22-12-10-20(28)11-13-22)27(25)34-24-9-5-8-23(17-24)33-3/h4-13,16-17H,14-15H2,1-3H3,(H,29,32). The molecule has 0 saturated heterocycles. The van der Waals surface area contributed by atoms with Crippen LogP contribution in [-0.2, 0) is 11.2 Å². The van der Waals surface area contributed by atoms with Gasteiger partial charge in [0.15, 0.2) is 0 Å². The number of methoxy groups -OCH3 is 1. The first-order valence-electron chi connectivity index (χ1n) is 11.0. The van der Waals surface area contributed by atoms with Gasteiger partial charge in [-0.05, 0) is 74.4 Å². The van der Waals surface area contributed by atoms with Gasteiger partial charge < -0.3 is 14.8 Å². The Hall–Kier alpha value is -4.13. The third-order valence-corrected chi connectivity index (χ3v) is 5.37. The predicted molar refractivity (Wildman–Crippen MR) is 129 cm³/mol. The first-order chi connectivity index (χ1) is 16.4. The van der Waals surface area contributed by atoms with E-state index in [1.807, 2.05) is 56.3 Å². The average Bonchev–Trinajstić information content (AvgIpc) is 3.13. The van der Waals surface area contributed by atoms with E-state index in [1.165, 1.54) is 12.1 Å². The van der Waals surface area contributed by atoms with Crippen LogP contribution in [0, 0.1) is 19.7 Å². The summed E-state index contributed by atoms with van der Waals surface area (Å²) < 4.78 is 26.7. The minimum absolute atomic E-state index is 0.105. The van der Waals surface area contributed by atoms with Crippen LogP contribution in [0.1, 0.15) is 23.2 Å². The average molecular weight is 460 g/mol. The summed E-state index contributed by atoms with van der Waals surface area (Å²) in [6.45, 7) is 3.84. The maximum atomic E-state index is 13.5. The van der Waals surface area contributed by atoms with Crippen molar-refractivity contribution in [3.63, 3.8) is 0 Å². The maximum Gasteiger partial charge on any atom is 0.226 e. The fourth-order valence-corrected chi connectivity index (χ4v) is 3.65. The zero-order valence-electron chi connectivity index (χ0n) is 19.3. The Morgan fingerprint density at radius 1 is 1.00 bits per heavy atom. The van der Waals surface area contributed by atoms with Gasteiger partial charge in [-0.3, -0.25) is 4.79 Å². The number of hydrogen-bond donors (Lipinski definition) is 1. The summed E-state index contributed by atoms with van der Waals surface area (Å²) in [5.74, 6) is 1.25. The number of ether oxygens (including phenoxy) is 2. The van der Waals surface area contributed by atoms with E-state index in [0.29, 0.717) is 29.5 Å². The quantitative estimate of drug-likeness (QED) is 0.351. The fourth-order valence-electron chi connectivity index (χ4n) is 3.65. The summed E-state index contributed by atoms with van der Waals surface area (Å²) in [4.78, 5) is 12.6. The summed E-state index contributed by atoms with van der Waals surface area (Å²) in [7, 11) is 1.59. The van der Waals surface area contributed by atoms with E-state index in [0.717, 1.165) is 22.5 Å². The van der Waals surface area contributed by atoms with Gasteiger partial charge in [0.1, 0.15) is 17.3 Å². The van der Waals surface area contributed by atoms with Gasteiger partial charge in [0, 0.05) is 23.7 Å². The zero-order valence-corrected chi connectivity index (χ0v) is 19.3. The molecule has 0 atom stereocenters. The van der Waals surface area contributed by atoms with E-state index in [4.69, 9.17) is 9.47 Å². The van der Waals surface area contributed by atoms with Crippen molar-refractivity contribution in [1.29, 1.82) is 0 Å². The van der Waals surface area contributed by atoms with Crippen LogP contribution in [0.2, 0.25) is 0 Å². The number of aromatic nitrogens is 2. The number of carbonyl (C=O) groups excluding carboxylic acids is 1. The smallest absolute Gasteiger partial charge is 0.226 e. The van der Waals surface area contributed by atoms with Gasteiger partial charge in [-0.2, -0.15) is 5.10 Å². The second-order valence-electron chi connectivity index (χ2n) is 7.96. The van der Waals surface area contributed by atoms with E-state index < -0.39 is 0 Å². The van der Waals surface area contributed by atoms with Crippen LogP contribution in [0.25, 0.3) is 5.69 Å². The number of anilines is 1. The molecule has 0 radical (unpaired) electrons.